The molecule has 0 unspecified atom stereocenters. The molecule has 0 radical (unpaired) electrons. The number of aliphatic imine (C=N–C) groups is 1. The molecule has 2 fully saturated rings. The van der Waals surface area contributed by atoms with Crippen molar-refractivity contribution in [3.8, 4) is 0 Å². The zero-order valence-corrected chi connectivity index (χ0v) is 20.4. The number of likely N-dealkylation sites (tertiary alicyclic amines) is 1. The van der Waals surface area contributed by atoms with Crippen molar-refractivity contribution >= 4 is 12.1 Å². The van der Waals surface area contributed by atoms with E-state index >= 15 is 0 Å². The van der Waals surface area contributed by atoms with Crippen LogP contribution in [0.25, 0.3) is 0 Å². The smallest absolute Gasteiger partial charge is 0.407 e. The molecule has 1 aliphatic heterocycles. The first-order valence-electron chi connectivity index (χ1n) is 12.0. The van der Waals surface area contributed by atoms with Crippen molar-refractivity contribution in [3.63, 3.8) is 0 Å². The highest BCUT2D eigenvalue weighted by molar-refractivity contribution is 5.79. The van der Waals surface area contributed by atoms with Crippen molar-refractivity contribution in [2.24, 2.45) is 4.99 Å². The quantitative estimate of drug-likeness (QED) is 0.327. The van der Waals surface area contributed by atoms with Gasteiger partial charge in [-0.05, 0) is 59.9 Å². The molecule has 2 aliphatic rings. The minimum Gasteiger partial charge on any atom is -0.444 e. The average Bonchev–Trinajstić information content (AvgIpc) is 3.25. The summed E-state index contributed by atoms with van der Waals surface area (Å²) >= 11 is 0. The van der Waals surface area contributed by atoms with Crippen molar-refractivity contribution in [2.45, 2.75) is 83.5 Å². The molecule has 2 rings (SSSR count). The molecule has 0 spiro atoms. The van der Waals surface area contributed by atoms with E-state index in [1.807, 2.05) is 27.8 Å². The lowest BCUT2D eigenvalue weighted by atomic mass is 10.1. The number of piperidine rings is 1. The first-order chi connectivity index (χ1) is 14.8. The highest BCUT2D eigenvalue weighted by Crippen LogP contribution is 2.21. The Morgan fingerprint density at radius 1 is 1.10 bits per heavy atom. The van der Waals surface area contributed by atoms with Gasteiger partial charge in [-0.15, -0.1) is 0 Å². The van der Waals surface area contributed by atoms with Crippen molar-refractivity contribution < 1.29 is 14.3 Å². The van der Waals surface area contributed by atoms with Gasteiger partial charge in [-0.1, -0.05) is 12.8 Å². The van der Waals surface area contributed by atoms with Gasteiger partial charge in [0.25, 0.3) is 0 Å². The van der Waals surface area contributed by atoms with E-state index in [0.29, 0.717) is 13.2 Å². The van der Waals surface area contributed by atoms with Crippen LogP contribution < -0.4 is 10.6 Å². The van der Waals surface area contributed by atoms with Crippen LogP contribution in [0.2, 0.25) is 0 Å². The van der Waals surface area contributed by atoms with Crippen LogP contribution in [0.4, 0.5) is 4.79 Å². The summed E-state index contributed by atoms with van der Waals surface area (Å²) < 4.78 is 11.2. The van der Waals surface area contributed by atoms with Gasteiger partial charge in [0.1, 0.15) is 5.60 Å². The minimum atomic E-state index is -0.462. The van der Waals surface area contributed by atoms with Gasteiger partial charge < -0.3 is 29.9 Å². The molecule has 1 saturated carbocycles. The van der Waals surface area contributed by atoms with Gasteiger partial charge in [-0.3, -0.25) is 4.99 Å². The summed E-state index contributed by atoms with van der Waals surface area (Å²) in [6.07, 6.45) is 8.15. The van der Waals surface area contributed by atoms with E-state index in [-0.39, 0.29) is 12.2 Å². The minimum absolute atomic E-state index is 0.282. The molecule has 8 heteroatoms. The second kappa shape index (κ2) is 13.1. The lowest BCUT2D eigenvalue weighted by molar-refractivity contribution is 0.0170. The molecule has 8 nitrogen and oxygen atoms in total. The van der Waals surface area contributed by atoms with Crippen LogP contribution in [-0.2, 0) is 9.47 Å². The molecule has 1 heterocycles. The number of carbonyl (C=O) groups excluding carboxylic acids is 1. The second-order valence-electron chi connectivity index (χ2n) is 9.73. The van der Waals surface area contributed by atoms with Crippen molar-refractivity contribution in [1.82, 2.24) is 20.4 Å². The summed E-state index contributed by atoms with van der Waals surface area (Å²) in [5.41, 5.74) is -0.462. The normalized spacial score (nSPS) is 19.2. The fourth-order valence-electron chi connectivity index (χ4n) is 4.27. The largest absolute Gasteiger partial charge is 0.444 e. The molecule has 0 aromatic rings. The van der Waals surface area contributed by atoms with E-state index in [4.69, 9.17) is 9.47 Å². The molecule has 31 heavy (non-hydrogen) atoms. The maximum atomic E-state index is 11.6. The van der Waals surface area contributed by atoms with Crippen molar-refractivity contribution in [3.05, 3.63) is 0 Å². The number of amides is 1. The molecule has 1 amide bonds. The fraction of sp³-hybridized carbons (Fsp3) is 0.913. The van der Waals surface area contributed by atoms with E-state index < -0.39 is 5.60 Å². The van der Waals surface area contributed by atoms with Crippen LogP contribution in [0.1, 0.15) is 65.7 Å². The monoisotopic (exact) mass is 439 g/mol. The van der Waals surface area contributed by atoms with E-state index in [9.17, 15) is 4.79 Å². The number of nitrogens with one attached hydrogen (secondary N) is 2. The molecule has 180 valence electrons. The lowest BCUT2D eigenvalue weighted by Gasteiger charge is -2.34. The summed E-state index contributed by atoms with van der Waals surface area (Å²) in [5.74, 6) is 1.000. The third kappa shape index (κ3) is 10.1. The van der Waals surface area contributed by atoms with Gasteiger partial charge >= 0.3 is 6.09 Å². The van der Waals surface area contributed by atoms with E-state index in [0.717, 1.165) is 57.4 Å². The first kappa shape index (κ1) is 25.7. The standard InChI is InChI=1S/C23H45N5O3/c1-23(2,3)31-22(29)26-13-8-18-30-20-11-15-28(16-12-20)21(24-4)25-14-17-27(5)19-9-6-7-10-19/h19-20H,6-18H2,1-5H3,(H,24,25)(H,26,29). The Kier molecular flexibility index (Phi) is 10.9. The highest BCUT2D eigenvalue weighted by Gasteiger charge is 2.23. The van der Waals surface area contributed by atoms with Gasteiger partial charge in [-0.25, -0.2) is 4.79 Å². The number of alkyl carbamates (subject to hydrolysis) is 1. The maximum Gasteiger partial charge on any atom is 0.407 e. The fourth-order valence-corrected chi connectivity index (χ4v) is 4.27. The number of rotatable bonds is 9. The number of likely N-dealkylation sites (N-methyl/N-ethyl adjacent to an activating group) is 1. The third-order valence-corrected chi connectivity index (χ3v) is 5.99. The number of ether oxygens (including phenoxy) is 2. The van der Waals surface area contributed by atoms with Crippen LogP contribution in [0.15, 0.2) is 4.99 Å². The van der Waals surface area contributed by atoms with Crippen LogP contribution >= 0.6 is 0 Å². The number of carbonyl (C=O) groups is 1. The maximum absolute atomic E-state index is 11.6. The molecular weight excluding hydrogens is 394 g/mol. The Bertz CT molecular complexity index is 550. The first-order valence-corrected chi connectivity index (χ1v) is 12.0. The summed E-state index contributed by atoms with van der Waals surface area (Å²) in [7, 11) is 4.11. The van der Waals surface area contributed by atoms with E-state index in [1.54, 1.807) is 0 Å². The SMILES string of the molecule is CN=C(NCCN(C)C1CCCC1)N1CCC(OCCCNC(=O)OC(C)(C)C)CC1. The third-order valence-electron chi connectivity index (χ3n) is 5.99. The van der Waals surface area contributed by atoms with Crippen molar-refractivity contribution in [2.75, 3.05) is 53.4 Å². The zero-order valence-electron chi connectivity index (χ0n) is 20.4. The number of guanidine groups is 1. The lowest BCUT2D eigenvalue weighted by Crippen LogP contribution is -2.48. The molecule has 1 saturated heterocycles. The molecular formula is C23H45N5O3. The Hall–Kier alpha value is -1.54. The van der Waals surface area contributed by atoms with E-state index in [1.165, 1.54) is 25.7 Å². The summed E-state index contributed by atoms with van der Waals surface area (Å²) in [4.78, 5) is 20.9. The van der Waals surface area contributed by atoms with Gasteiger partial charge in [0.05, 0.1) is 6.10 Å². The average molecular weight is 440 g/mol. The predicted octanol–water partition coefficient (Wildman–Crippen LogP) is 2.83. The Balaban J connectivity index is 1.54. The van der Waals surface area contributed by atoms with Gasteiger partial charge in [0.15, 0.2) is 5.96 Å². The Morgan fingerprint density at radius 2 is 1.77 bits per heavy atom. The Labute approximate surface area is 189 Å². The summed E-state index contributed by atoms with van der Waals surface area (Å²) in [5, 5.41) is 6.31. The molecule has 0 atom stereocenters. The zero-order chi connectivity index (χ0) is 22.7. The summed E-state index contributed by atoms with van der Waals surface area (Å²) in [6.45, 7) is 10.7. The van der Waals surface area contributed by atoms with Crippen LogP contribution in [0.5, 0.6) is 0 Å². The summed E-state index contributed by atoms with van der Waals surface area (Å²) in [6, 6.07) is 0.760. The molecule has 0 aromatic carbocycles. The predicted molar refractivity (Wildman–Crippen MR) is 126 cm³/mol. The van der Waals surface area contributed by atoms with Gasteiger partial charge in [-0.2, -0.15) is 0 Å². The number of nitrogens with zero attached hydrogens (tertiary/aromatic N) is 3. The van der Waals surface area contributed by atoms with Gasteiger partial charge in [0, 0.05) is 52.4 Å². The van der Waals surface area contributed by atoms with Crippen LogP contribution in [0.3, 0.4) is 0 Å². The highest BCUT2D eigenvalue weighted by atomic mass is 16.6. The topological polar surface area (TPSA) is 78.4 Å². The van der Waals surface area contributed by atoms with Crippen molar-refractivity contribution in [1.29, 1.82) is 0 Å². The second-order valence-corrected chi connectivity index (χ2v) is 9.73. The van der Waals surface area contributed by atoms with Crippen LogP contribution in [0, 0.1) is 0 Å². The van der Waals surface area contributed by atoms with E-state index in [2.05, 4.69) is 32.5 Å². The van der Waals surface area contributed by atoms with Gasteiger partial charge in [0.2, 0.25) is 0 Å². The number of hydrogen-bond donors (Lipinski definition) is 2. The molecule has 1 aliphatic carbocycles. The molecule has 0 bridgehead atoms. The Morgan fingerprint density at radius 3 is 2.39 bits per heavy atom. The number of hydrogen-bond acceptors (Lipinski definition) is 5. The molecule has 0 aromatic heterocycles. The van der Waals surface area contributed by atoms with Crippen LogP contribution in [-0.4, -0.2) is 93.0 Å². The molecule has 2 N–H and O–H groups in total.